The molecule has 4 heteroatoms. The summed E-state index contributed by atoms with van der Waals surface area (Å²) in [6.07, 6.45) is 6.29. The summed E-state index contributed by atoms with van der Waals surface area (Å²) in [7, 11) is 0. The molecular weight excluding hydrogens is 204 g/mol. The first-order valence-electron chi connectivity index (χ1n) is 4.97. The van der Waals surface area contributed by atoms with Gasteiger partial charge in [0.25, 0.3) is 5.91 Å². The maximum absolute atomic E-state index is 11.8. The number of terminal acetylenes is 1. The van der Waals surface area contributed by atoms with E-state index in [0.717, 1.165) is 0 Å². The molecule has 0 fully saturated rings. The number of carbonyl (C=O) groups excluding carboxylic acids is 2. The second-order valence-electron chi connectivity index (χ2n) is 3.49. The Morgan fingerprint density at radius 3 is 2.75 bits per heavy atom. The van der Waals surface area contributed by atoms with Crippen LogP contribution in [0.5, 0.6) is 0 Å². The highest BCUT2D eigenvalue weighted by Crippen LogP contribution is 2.16. The maximum atomic E-state index is 11.8. The fourth-order valence-electron chi connectivity index (χ4n) is 1.57. The van der Waals surface area contributed by atoms with Gasteiger partial charge in [-0.05, 0) is 19.4 Å². The van der Waals surface area contributed by atoms with Crippen molar-refractivity contribution in [3.8, 4) is 12.3 Å². The van der Waals surface area contributed by atoms with E-state index in [1.807, 2.05) is 0 Å². The van der Waals surface area contributed by atoms with Crippen molar-refractivity contribution in [2.75, 3.05) is 6.54 Å². The van der Waals surface area contributed by atoms with Gasteiger partial charge in [0.2, 0.25) is 0 Å². The molecule has 0 aliphatic heterocycles. The van der Waals surface area contributed by atoms with Crippen LogP contribution in [-0.4, -0.2) is 23.7 Å². The fraction of sp³-hybridized carbons (Fsp3) is 0.333. The van der Waals surface area contributed by atoms with E-state index in [2.05, 4.69) is 16.2 Å². The van der Waals surface area contributed by atoms with Gasteiger partial charge < -0.3 is 10.3 Å². The summed E-state index contributed by atoms with van der Waals surface area (Å²) >= 11 is 0. The third-order valence-electron chi connectivity index (χ3n) is 2.38. The van der Waals surface area contributed by atoms with E-state index in [9.17, 15) is 9.59 Å². The molecule has 0 saturated heterocycles. The lowest BCUT2D eigenvalue weighted by Crippen LogP contribution is -2.25. The van der Waals surface area contributed by atoms with Gasteiger partial charge in [0, 0.05) is 18.7 Å². The smallest absolute Gasteiger partial charge is 0.253 e. The molecule has 0 radical (unpaired) electrons. The molecule has 0 aliphatic rings. The molecule has 0 bridgehead atoms. The van der Waals surface area contributed by atoms with Crippen molar-refractivity contribution in [3.05, 3.63) is 22.5 Å². The minimum Gasteiger partial charge on any atom is -0.356 e. The number of aromatic nitrogens is 1. The number of aldehydes is 1. The summed E-state index contributed by atoms with van der Waals surface area (Å²) in [5, 5.41) is 2.70. The van der Waals surface area contributed by atoms with Crippen molar-refractivity contribution in [3.63, 3.8) is 0 Å². The van der Waals surface area contributed by atoms with E-state index in [4.69, 9.17) is 6.42 Å². The molecule has 16 heavy (non-hydrogen) atoms. The molecular formula is C12H14N2O2. The van der Waals surface area contributed by atoms with Crippen molar-refractivity contribution in [2.24, 2.45) is 0 Å². The van der Waals surface area contributed by atoms with Gasteiger partial charge in [-0.3, -0.25) is 9.59 Å². The van der Waals surface area contributed by atoms with Crippen LogP contribution in [0.15, 0.2) is 0 Å². The number of carbonyl (C=O) groups is 2. The van der Waals surface area contributed by atoms with Gasteiger partial charge in [-0.15, -0.1) is 12.3 Å². The van der Waals surface area contributed by atoms with Gasteiger partial charge in [-0.1, -0.05) is 0 Å². The topological polar surface area (TPSA) is 62.0 Å². The molecule has 1 amide bonds. The van der Waals surface area contributed by atoms with Gasteiger partial charge in [-0.2, -0.15) is 0 Å². The summed E-state index contributed by atoms with van der Waals surface area (Å²) in [6, 6.07) is 0. The molecule has 0 unspecified atom stereocenters. The van der Waals surface area contributed by atoms with Crippen LogP contribution in [0.2, 0.25) is 0 Å². The van der Waals surface area contributed by atoms with Gasteiger partial charge >= 0.3 is 0 Å². The predicted molar refractivity (Wildman–Crippen MR) is 61.4 cm³/mol. The molecule has 4 nitrogen and oxygen atoms in total. The number of hydrogen-bond donors (Lipinski definition) is 2. The zero-order chi connectivity index (χ0) is 12.1. The highest BCUT2D eigenvalue weighted by Gasteiger charge is 2.16. The monoisotopic (exact) mass is 218 g/mol. The SMILES string of the molecule is C#CCCNC(=O)c1c(C)[nH]c(C=O)c1C. The second-order valence-corrected chi connectivity index (χ2v) is 3.49. The Bertz CT molecular complexity index is 452. The third-order valence-corrected chi connectivity index (χ3v) is 2.38. The average molecular weight is 218 g/mol. The molecule has 1 heterocycles. The number of aromatic amines is 1. The maximum Gasteiger partial charge on any atom is 0.253 e. The highest BCUT2D eigenvalue weighted by molar-refractivity contribution is 5.99. The van der Waals surface area contributed by atoms with E-state index in [-0.39, 0.29) is 5.91 Å². The first-order chi connectivity index (χ1) is 7.61. The van der Waals surface area contributed by atoms with Crippen molar-refractivity contribution in [2.45, 2.75) is 20.3 Å². The van der Waals surface area contributed by atoms with E-state index in [1.165, 1.54) is 0 Å². The summed E-state index contributed by atoms with van der Waals surface area (Å²) < 4.78 is 0. The van der Waals surface area contributed by atoms with Gasteiger partial charge in [-0.25, -0.2) is 0 Å². The summed E-state index contributed by atoms with van der Waals surface area (Å²) in [5.74, 6) is 2.24. The van der Waals surface area contributed by atoms with Gasteiger partial charge in [0.05, 0.1) is 11.3 Å². The highest BCUT2D eigenvalue weighted by atomic mass is 16.1. The van der Waals surface area contributed by atoms with Crippen LogP contribution in [0.25, 0.3) is 0 Å². The van der Waals surface area contributed by atoms with E-state index >= 15 is 0 Å². The van der Waals surface area contributed by atoms with Crippen molar-refractivity contribution < 1.29 is 9.59 Å². The second kappa shape index (κ2) is 5.17. The van der Waals surface area contributed by atoms with Crippen molar-refractivity contribution in [1.29, 1.82) is 0 Å². The molecule has 1 aromatic rings. The van der Waals surface area contributed by atoms with E-state index in [0.29, 0.717) is 41.8 Å². The Kier molecular flexibility index (Phi) is 3.90. The normalized spacial score (nSPS) is 9.56. The van der Waals surface area contributed by atoms with Crippen molar-refractivity contribution >= 4 is 12.2 Å². The number of amides is 1. The zero-order valence-corrected chi connectivity index (χ0v) is 9.39. The van der Waals surface area contributed by atoms with Gasteiger partial charge in [0.1, 0.15) is 0 Å². The molecule has 84 valence electrons. The Balaban J connectivity index is 2.87. The van der Waals surface area contributed by atoms with Crippen LogP contribution in [-0.2, 0) is 0 Å². The van der Waals surface area contributed by atoms with Crippen LogP contribution >= 0.6 is 0 Å². The number of aryl methyl sites for hydroxylation is 1. The first kappa shape index (κ1) is 12.1. The van der Waals surface area contributed by atoms with Crippen LogP contribution in [0.3, 0.4) is 0 Å². The molecule has 0 spiro atoms. The number of hydrogen-bond acceptors (Lipinski definition) is 2. The quantitative estimate of drug-likeness (QED) is 0.453. The largest absolute Gasteiger partial charge is 0.356 e. The Morgan fingerprint density at radius 1 is 1.56 bits per heavy atom. The molecule has 0 aliphatic carbocycles. The summed E-state index contributed by atoms with van der Waals surface area (Å²) in [6.45, 7) is 3.94. The average Bonchev–Trinajstić information content (AvgIpc) is 2.54. The minimum atomic E-state index is -0.199. The van der Waals surface area contributed by atoms with Crippen LogP contribution in [0.4, 0.5) is 0 Å². The summed E-state index contributed by atoms with van der Waals surface area (Å²) in [4.78, 5) is 25.3. The van der Waals surface area contributed by atoms with E-state index in [1.54, 1.807) is 13.8 Å². The molecule has 2 N–H and O–H groups in total. The molecule has 1 rings (SSSR count). The Morgan fingerprint density at radius 2 is 2.25 bits per heavy atom. The molecule has 0 atom stereocenters. The van der Waals surface area contributed by atoms with Crippen molar-refractivity contribution in [1.82, 2.24) is 10.3 Å². The molecule has 1 aromatic heterocycles. The Hall–Kier alpha value is -2.02. The standard InChI is InChI=1S/C12H14N2O2/c1-4-5-6-13-12(16)11-8(2)10(7-15)14-9(11)3/h1,7,14H,5-6H2,2-3H3,(H,13,16). The minimum absolute atomic E-state index is 0.199. The van der Waals surface area contributed by atoms with E-state index < -0.39 is 0 Å². The van der Waals surface area contributed by atoms with Crippen LogP contribution in [0.1, 0.15) is 38.5 Å². The predicted octanol–water partition coefficient (Wildman–Crippen LogP) is 1.20. The Labute approximate surface area is 94.4 Å². The lowest BCUT2D eigenvalue weighted by molar-refractivity contribution is 0.0953. The van der Waals surface area contributed by atoms with Crippen LogP contribution < -0.4 is 5.32 Å². The molecule has 0 saturated carbocycles. The number of nitrogens with one attached hydrogen (secondary N) is 2. The lowest BCUT2D eigenvalue weighted by Gasteiger charge is -2.03. The number of rotatable bonds is 4. The summed E-state index contributed by atoms with van der Waals surface area (Å²) in [5.41, 5.74) is 2.34. The zero-order valence-electron chi connectivity index (χ0n) is 9.39. The number of H-pyrrole nitrogens is 1. The fourth-order valence-corrected chi connectivity index (χ4v) is 1.57. The first-order valence-corrected chi connectivity index (χ1v) is 4.97. The third kappa shape index (κ3) is 2.31. The van der Waals surface area contributed by atoms with Gasteiger partial charge in [0.15, 0.2) is 6.29 Å². The molecule has 0 aromatic carbocycles. The van der Waals surface area contributed by atoms with Crippen LogP contribution in [0, 0.1) is 26.2 Å². The lowest BCUT2D eigenvalue weighted by atomic mass is 10.1.